The number of hydrogen-bond donors (Lipinski definition) is 2. The molecule has 1 aromatic carbocycles. The van der Waals surface area contributed by atoms with Crippen LogP contribution in [0.15, 0.2) is 24.3 Å². The van der Waals surface area contributed by atoms with Gasteiger partial charge in [-0.15, -0.1) is 0 Å². The number of hydrogen-bond acceptors (Lipinski definition) is 3. The van der Waals surface area contributed by atoms with Gasteiger partial charge in [-0.2, -0.15) is 0 Å². The Labute approximate surface area is 111 Å². The van der Waals surface area contributed by atoms with Crippen LogP contribution in [-0.2, 0) is 4.74 Å². The fraction of sp³-hybridized carbons (Fsp3) is 0.462. The molecule has 0 unspecified atom stereocenters. The number of nitrogens with one attached hydrogen (secondary N) is 1. The van der Waals surface area contributed by atoms with Gasteiger partial charge in [0.25, 0.3) is 5.91 Å². The number of ether oxygens (including phenoxy) is 1. The average molecular weight is 270 g/mol. The third kappa shape index (κ3) is 3.02. The maximum atomic E-state index is 12.1. The molecule has 0 aliphatic carbocycles. The third-order valence-corrected chi connectivity index (χ3v) is 3.49. The number of carbonyl (C=O) groups is 1. The molecule has 18 heavy (non-hydrogen) atoms. The predicted octanol–water partition coefficient (Wildman–Crippen LogP) is 1.61. The second-order valence-corrected chi connectivity index (χ2v) is 4.95. The highest BCUT2D eigenvalue weighted by Crippen LogP contribution is 2.21. The number of carbonyl (C=O) groups excluding carboxylic acids is 1. The van der Waals surface area contributed by atoms with Crippen LogP contribution in [0.25, 0.3) is 0 Å². The molecule has 1 aromatic rings. The largest absolute Gasteiger partial charge is 0.394 e. The molecule has 1 fully saturated rings. The minimum Gasteiger partial charge on any atom is -0.394 e. The molecule has 5 heteroatoms. The van der Waals surface area contributed by atoms with Crippen LogP contribution >= 0.6 is 11.6 Å². The van der Waals surface area contributed by atoms with Crippen molar-refractivity contribution in [1.82, 2.24) is 5.32 Å². The first-order chi connectivity index (χ1) is 8.65. The molecule has 0 aromatic heterocycles. The van der Waals surface area contributed by atoms with E-state index in [-0.39, 0.29) is 12.5 Å². The summed E-state index contributed by atoms with van der Waals surface area (Å²) >= 11 is 5.77. The molecule has 2 rings (SSSR count). The highest BCUT2D eigenvalue weighted by Gasteiger charge is 2.33. The fourth-order valence-corrected chi connectivity index (χ4v) is 2.13. The van der Waals surface area contributed by atoms with Crippen LogP contribution < -0.4 is 5.32 Å². The van der Waals surface area contributed by atoms with Gasteiger partial charge in [-0.3, -0.25) is 4.79 Å². The lowest BCUT2D eigenvalue weighted by Gasteiger charge is -2.36. The third-order valence-electron chi connectivity index (χ3n) is 3.24. The maximum Gasteiger partial charge on any atom is 0.251 e. The van der Waals surface area contributed by atoms with Crippen molar-refractivity contribution in [2.75, 3.05) is 19.8 Å². The van der Waals surface area contributed by atoms with Crippen molar-refractivity contribution in [3.05, 3.63) is 34.9 Å². The van der Waals surface area contributed by atoms with Gasteiger partial charge in [0.05, 0.1) is 12.1 Å². The van der Waals surface area contributed by atoms with Gasteiger partial charge in [-0.1, -0.05) is 11.6 Å². The van der Waals surface area contributed by atoms with E-state index in [9.17, 15) is 9.90 Å². The van der Waals surface area contributed by atoms with Crippen LogP contribution in [0.1, 0.15) is 23.2 Å². The molecular formula is C13H16ClNO3. The monoisotopic (exact) mass is 269 g/mol. The van der Waals surface area contributed by atoms with E-state index in [1.165, 1.54) is 0 Å². The summed E-state index contributed by atoms with van der Waals surface area (Å²) in [5.41, 5.74) is -0.0201. The first kappa shape index (κ1) is 13.3. The summed E-state index contributed by atoms with van der Waals surface area (Å²) in [5, 5.41) is 13.0. The molecule has 98 valence electrons. The molecule has 1 amide bonds. The fourth-order valence-electron chi connectivity index (χ4n) is 2.00. The predicted molar refractivity (Wildman–Crippen MR) is 68.8 cm³/mol. The smallest absolute Gasteiger partial charge is 0.251 e. The first-order valence-electron chi connectivity index (χ1n) is 5.92. The molecule has 0 bridgehead atoms. The number of benzene rings is 1. The van der Waals surface area contributed by atoms with E-state index in [1.54, 1.807) is 24.3 Å². The van der Waals surface area contributed by atoms with Gasteiger partial charge >= 0.3 is 0 Å². The number of aliphatic hydroxyl groups excluding tert-OH is 1. The zero-order chi connectivity index (χ0) is 13.0. The van der Waals surface area contributed by atoms with Crippen molar-refractivity contribution in [3.8, 4) is 0 Å². The Morgan fingerprint density at radius 1 is 1.33 bits per heavy atom. The highest BCUT2D eigenvalue weighted by molar-refractivity contribution is 6.30. The molecule has 2 N–H and O–H groups in total. The van der Waals surface area contributed by atoms with Gasteiger partial charge in [0, 0.05) is 23.8 Å². The van der Waals surface area contributed by atoms with Crippen LogP contribution in [0.2, 0.25) is 5.02 Å². The van der Waals surface area contributed by atoms with Crippen LogP contribution in [-0.4, -0.2) is 36.4 Å². The van der Waals surface area contributed by atoms with Crippen molar-refractivity contribution >= 4 is 17.5 Å². The summed E-state index contributed by atoms with van der Waals surface area (Å²) in [6, 6.07) is 6.68. The lowest BCUT2D eigenvalue weighted by atomic mass is 9.90. The molecule has 0 saturated carbocycles. The molecule has 4 nitrogen and oxygen atoms in total. The van der Waals surface area contributed by atoms with Gasteiger partial charge in [-0.05, 0) is 37.1 Å². The number of aliphatic hydroxyl groups is 1. The minimum atomic E-state index is -0.561. The van der Waals surface area contributed by atoms with Crippen molar-refractivity contribution in [2.45, 2.75) is 18.4 Å². The summed E-state index contributed by atoms with van der Waals surface area (Å²) in [6.07, 6.45) is 1.26. The zero-order valence-corrected chi connectivity index (χ0v) is 10.7. The van der Waals surface area contributed by atoms with E-state index in [2.05, 4.69) is 5.32 Å². The van der Waals surface area contributed by atoms with Crippen LogP contribution in [0.3, 0.4) is 0 Å². The van der Waals surface area contributed by atoms with Crippen LogP contribution in [0.5, 0.6) is 0 Å². The van der Waals surface area contributed by atoms with Crippen LogP contribution in [0.4, 0.5) is 0 Å². The van der Waals surface area contributed by atoms with E-state index in [0.29, 0.717) is 36.6 Å². The first-order valence-corrected chi connectivity index (χ1v) is 6.30. The summed E-state index contributed by atoms with van der Waals surface area (Å²) in [5.74, 6) is -0.192. The molecule has 0 spiro atoms. The van der Waals surface area contributed by atoms with Crippen molar-refractivity contribution < 1.29 is 14.6 Å². The second kappa shape index (κ2) is 5.69. The SMILES string of the molecule is O=C(NC1(CO)CCOCC1)c1ccc(Cl)cc1. The lowest BCUT2D eigenvalue weighted by Crippen LogP contribution is -2.54. The number of rotatable bonds is 3. The lowest BCUT2D eigenvalue weighted by molar-refractivity contribution is 0.0125. The molecular weight excluding hydrogens is 254 g/mol. The van der Waals surface area contributed by atoms with E-state index in [1.807, 2.05) is 0 Å². The summed E-state index contributed by atoms with van der Waals surface area (Å²) in [6.45, 7) is 1.04. The Hall–Kier alpha value is -1.10. The number of amides is 1. The van der Waals surface area contributed by atoms with Gasteiger partial charge in [0.1, 0.15) is 0 Å². The van der Waals surface area contributed by atoms with Gasteiger partial charge in [-0.25, -0.2) is 0 Å². The standard InChI is InChI=1S/C13H16ClNO3/c14-11-3-1-10(2-4-11)12(17)15-13(9-16)5-7-18-8-6-13/h1-4,16H,5-9H2,(H,15,17). The van der Waals surface area contributed by atoms with Crippen LogP contribution in [0, 0.1) is 0 Å². The minimum absolute atomic E-state index is 0.0737. The Balaban J connectivity index is 2.07. The second-order valence-electron chi connectivity index (χ2n) is 4.51. The molecule has 1 aliphatic heterocycles. The number of halogens is 1. The quantitative estimate of drug-likeness (QED) is 0.877. The Kier molecular flexibility index (Phi) is 4.22. The Bertz CT molecular complexity index is 413. The molecule has 0 radical (unpaired) electrons. The normalized spacial score (nSPS) is 18.3. The average Bonchev–Trinajstić information content (AvgIpc) is 2.40. The highest BCUT2D eigenvalue weighted by atomic mass is 35.5. The maximum absolute atomic E-state index is 12.1. The summed E-state index contributed by atoms with van der Waals surface area (Å²) < 4.78 is 5.25. The Morgan fingerprint density at radius 3 is 2.50 bits per heavy atom. The van der Waals surface area contributed by atoms with Gasteiger partial charge < -0.3 is 15.2 Å². The zero-order valence-electron chi connectivity index (χ0n) is 9.99. The summed E-state index contributed by atoms with van der Waals surface area (Å²) in [7, 11) is 0. The van der Waals surface area contributed by atoms with Gasteiger partial charge in [0.15, 0.2) is 0 Å². The van der Waals surface area contributed by atoms with Crippen molar-refractivity contribution in [1.29, 1.82) is 0 Å². The molecule has 1 saturated heterocycles. The van der Waals surface area contributed by atoms with Crippen molar-refractivity contribution in [2.24, 2.45) is 0 Å². The van der Waals surface area contributed by atoms with E-state index >= 15 is 0 Å². The molecule has 1 aliphatic rings. The molecule has 0 atom stereocenters. The van der Waals surface area contributed by atoms with E-state index in [0.717, 1.165) is 0 Å². The van der Waals surface area contributed by atoms with E-state index < -0.39 is 5.54 Å². The topological polar surface area (TPSA) is 58.6 Å². The summed E-state index contributed by atoms with van der Waals surface area (Å²) in [4.78, 5) is 12.1. The van der Waals surface area contributed by atoms with Gasteiger partial charge in [0.2, 0.25) is 0 Å². The molecule has 1 heterocycles. The van der Waals surface area contributed by atoms with E-state index in [4.69, 9.17) is 16.3 Å². The Morgan fingerprint density at radius 2 is 1.94 bits per heavy atom. The van der Waals surface area contributed by atoms with Crippen molar-refractivity contribution in [3.63, 3.8) is 0 Å².